The minimum atomic E-state index is 0.292. The molecule has 21 heavy (non-hydrogen) atoms. The molecule has 0 saturated carbocycles. The zero-order valence-corrected chi connectivity index (χ0v) is 12.5. The number of fused-ring (bicyclic) bond motifs is 1. The summed E-state index contributed by atoms with van der Waals surface area (Å²) in [6.07, 6.45) is 2.88. The minimum Gasteiger partial charge on any atom is -0.313 e. The molecule has 0 fully saturated rings. The fraction of sp³-hybridized carbons (Fsp3) is 0.211. The number of hydrogen-bond donors (Lipinski definition) is 1. The van der Waals surface area contributed by atoms with E-state index in [1.807, 2.05) is 19.3 Å². The van der Waals surface area contributed by atoms with Crippen molar-refractivity contribution in [2.75, 3.05) is 7.05 Å². The Bertz CT molecular complexity index is 727. The number of hydrogen-bond acceptors (Lipinski definition) is 2. The number of aromatic nitrogens is 1. The van der Waals surface area contributed by atoms with E-state index in [1.165, 1.54) is 22.1 Å². The quantitative estimate of drug-likeness (QED) is 0.777. The fourth-order valence-corrected chi connectivity index (χ4v) is 2.75. The van der Waals surface area contributed by atoms with Crippen molar-refractivity contribution in [1.29, 1.82) is 0 Å². The van der Waals surface area contributed by atoms with Crippen molar-refractivity contribution in [2.45, 2.75) is 19.4 Å². The van der Waals surface area contributed by atoms with Gasteiger partial charge in [-0.2, -0.15) is 0 Å². The van der Waals surface area contributed by atoms with Crippen LogP contribution in [0.25, 0.3) is 10.9 Å². The lowest BCUT2D eigenvalue weighted by Gasteiger charge is -2.18. The van der Waals surface area contributed by atoms with Crippen LogP contribution in [0.2, 0.25) is 0 Å². The Morgan fingerprint density at radius 3 is 2.52 bits per heavy atom. The number of nitrogens with one attached hydrogen (secondary N) is 1. The lowest BCUT2D eigenvalue weighted by Crippen LogP contribution is -2.19. The van der Waals surface area contributed by atoms with Gasteiger partial charge in [0.2, 0.25) is 0 Å². The predicted molar refractivity (Wildman–Crippen MR) is 88.4 cm³/mol. The first-order chi connectivity index (χ1) is 10.3. The number of aryl methyl sites for hydroxylation is 1. The van der Waals surface area contributed by atoms with Crippen LogP contribution in [-0.2, 0) is 6.42 Å². The van der Waals surface area contributed by atoms with E-state index < -0.39 is 0 Å². The topological polar surface area (TPSA) is 24.9 Å². The van der Waals surface area contributed by atoms with E-state index in [4.69, 9.17) is 0 Å². The molecular formula is C19H20N2. The number of likely N-dealkylation sites (N-methyl/N-ethyl adjacent to an activating group) is 1. The van der Waals surface area contributed by atoms with E-state index in [0.29, 0.717) is 6.04 Å². The summed E-state index contributed by atoms with van der Waals surface area (Å²) in [5.41, 5.74) is 5.01. The summed E-state index contributed by atoms with van der Waals surface area (Å²) in [4.78, 5) is 4.45. The van der Waals surface area contributed by atoms with Crippen molar-refractivity contribution in [3.8, 4) is 0 Å². The van der Waals surface area contributed by atoms with Crippen molar-refractivity contribution in [3.63, 3.8) is 0 Å². The van der Waals surface area contributed by atoms with Crippen LogP contribution in [0.1, 0.15) is 22.7 Å². The van der Waals surface area contributed by atoms with Crippen LogP contribution in [-0.4, -0.2) is 12.0 Å². The molecule has 1 unspecified atom stereocenters. The maximum Gasteiger partial charge on any atom is 0.0705 e. The summed E-state index contributed by atoms with van der Waals surface area (Å²) < 4.78 is 0. The van der Waals surface area contributed by atoms with Gasteiger partial charge in [-0.05, 0) is 43.7 Å². The van der Waals surface area contributed by atoms with Crippen LogP contribution in [0, 0.1) is 6.92 Å². The Kier molecular flexibility index (Phi) is 3.98. The van der Waals surface area contributed by atoms with Crippen molar-refractivity contribution in [3.05, 3.63) is 77.5 Å². The largest absolute Gasteiger partial charge is 0.313 e. The molecule has 2 nitrogen and oxygen atoms in total. The number of para-hydroxylation sites is 1. The van der Waals surface area contributed by atoms with Crippen molar-refractivity contribution in [1.82, 2.24) is 10.3 Å². The van der Waals surface area contributed by atoms with Crippen LogP contribution in [0.5, 0.6) is 0 Å². The lowest BCUT2D eigenvalue weighted by molar-refractivity contribution is 0.596. The summed E-state index contributed by atoms with van der Waals surface area (Å²) in [5.74, 6) is 0. The molecule has 0 saturated heterocycles. The first kappa shape index (κ1) is 13.8. The van der Waals surface area contributed by atoms with Gasteiger partial charge >= 0.3 is 0 Å². The van der Waals surface area contributed by atoms with Crippen LogP contribution in [0.15, 0.2) is 60.8 Å². The molecule has 2 heteroatoms. The van der Waals surface area contributed by atoms with E-state index in [-0.39, 0.29) is 0 Å². The van der Waals surface area contributed by atoms with Crippen molar-refractivity contribution < 1.29 is 0 Å². The summed E-state index contributed by atoms with van der Waals surface area (Å²) in [7, 11) is 2.02. The molecule has 0 amide bonds. The third kappa shape index (κ3) is 2.96. The third-order valence-corrected chi connectivity index (χ3v) is 3.97. The van der Waals surface area contributed by atoms with Crippen LogP contribution in [0.3, 0.4) is 0 Å². The van der Waals surface area contributed by atoms with Gasteiger partial charge in [0.1, 0.15) is 0 Å². The Hall–Kier alpha value is -2.19. The highest BCUT2D eigenvalue weighted by Gasteiger charge is 2.13. The van der Waals surface area contributed by atoms with E-state index in [0.717, 1.165) is 11.9 Å². The summed E-state index contributed by atoms with van der Waals surface area (Å²) in [5, 5.41) is 4.67. The van der Waals surface area contributed by atoms with E-state index in [9.17, 15) is 0 Å². The molecule has 1 heterocycles. The van der Waals surface area contributed by atoms with Crippen molar-refractivity contribution in [2.24, 2.45) is 0 Å². The minimum absolute atomic E-state index is 0.292. The van der Waals surface area contributed by atoms with Gasteiger partial charge in [0.05, 0.1) is 5.52 Å². The smallest absolute Gasteiger partial charge is 0.0705 e. The van der Waals surface area contributed by atoms with Crippen molar-refractivity contribution >= 4 is 10.9 Å². The SMILES string of the molecule is CNC(Cc1ccc(C)cc1)c1ccnc2ccccc12. The van der Waals surface area contributed by atoms with E-state index in [1.54, 1.807) is 0 Å². The standard InChI is InChI=1S/C19H20N2/c1-14-7-9-15(10-8-14)13-19(20-2)17-11-12-21-18-6-4-3-5-16(17)18/h3-12,19-20H,13H2,1-2H3. The number of nitrogens with zero attached hydrogens (tertiary/aromatic N) is 1. The number of rotatable bonds is 4. The number of pyridine rings is 1. The highest BCUT2D eigenvalue weighted by Crippen LogP contribution is 2.25. The maximum absolute atomic E-state index is 4.45. The van der Waals surface area contributed by atoms with Gasteiger partial charge in [0.15, 0.2) is 0 Å². The maximum atomic E-state index is 4.45. The fourth-order valence-electron chi connectivity index (χ4n) is 2.75. The second-order valence-electron chi connectivity index (χ2n) is 5.45. The molecule has 0 aliphatic rings. The molecule has 0 aliphatic carbocycles. The molecule has 0 radical (unpaired) electrons. The molecule has 1 N–H and O–H groups in total. The predicted octanol–water partition coefficient (Wildman–Crippen LogP) is 4.05. The summed E-state index contributed by atoms with van der Waals surface area (Å²) in [6.45, 7) is 2.12. The van der Waals surface area contributed by atoms with Gasteiger partial charge in [-0.1, -0.05) is 48.0 Å². The molecule has 3 rings (SSSR count). The lowest BCUT2D eigenvalue weighted by atomic mass is 9.96. The molecule has 0 spiro atoms. The van der Waals surface area contributed by atoms with Gasteiger partial charge in [0.25, 0.3) is 0 Å². The van der Waals surface area contributed by atoms with Gasteiger partial charge < -0.3 is 5.32 Å². The normalized spacial score (nSPS) is 12.5. The molecule has 2 aromatic carbocycles. The van der Waals surface area contributed by atoms with Crippen LogP contribution < -0.4 is 5.32 Å². The molecule has 1 aromatic heterocycles. The molecule has 3 aromatic rings. The Morgan fingerprint density at radius 1 is 1.00 bits per heavy atom. The first-order valence-electron chi connectivity index (χ1n) is 7.34. The van der Waals surface area contributed by atoms with Crippen LogP contribution >= 0.6 is 0 Å². The second kappa shape index (κ2) is 6.06. The second-order valence-corrected chi connectivity index (χ2v) is 5.45. The first-order valence-corrected chi connectivity index (χ1v) is 7.34. The molecule has 1 atom stereocenters. The zero-order valence-electron chi connectivity index (χ0n) is 12.5. The Balaban J connectivity index is 1.96. The monoisotopic (exact) mass is 276 g/mol. The van der Waals surface area contributed by atoms with Gasteiger partial charge in [-0.15, -0.1) is 0 Å². The van der Waals surface area contributed by atoms with E-state index in [2.05, 4.69) is 65.8 Å². The molecule has 0 bridgehead atoms. The zero-order chi connectivity index (χ0) is 14.7. The Labute approximate surface area is 125 Å². The highest BCUT2D eigenvalue weighted by molar-refractivity contribution is 5.82. The third-order valence-electron chi connectivity index (χ3n) is 3.97. The van der Waals surface area contributed by atoms with Crippen LogP contribution in [0.4, 0.5) is 0 Å². The summed E-state index contributed by atoms with van der Waals surface area (Å²) in [6, 6.07) is 19.5. The average molecular weight is 276 g/mol. The number of benzene rings is 2. The average Bonchev–Trinajstić information content (AvgIpc) is 2.54. The van der Waals surface area contributed by atoms with Gasteiger partial charge in [-0.3, -0.25) is 4.98 Å². The van der Waals surface area contributed by atoms with E-state index >= 15 is 0 Å². The molecular weight excluding hydrogens is 256 g/mol. The summed E-state index contributed by atoms with van der Waals surface area (Å²) >= 11 is 0. The highest BCUT2D eigenvalue weighted by atomic mass is 14.9. The molecule has 0 aliphatic heterocycles. The molecule has 106 valence electrons. The Morgan fingerprint density at radius 2 is 1.76 bits per heavy atom. The van der Waals surface area contributed by atoms with Gasteiger partial charge in [0, 0.05) is 17.6 Å². The van der Waals surface area contributed by atoms with Gasteiger partial charge in [-0.25, -0.2) is 0 Å².